The van der Waals surface area contributed by atoms with Gasteiger partial charge in [-0.25, -0.2) is 4.39 Å². The molecule has 2 aromatic rings. The first-order chi connectivity index (χ1) is 12.0. The van der Waals surface area contributed by atoms with Crippen molar-refractivity contribution in [3.8, 4) is 5.75 Å². The first kappa shape index (κ1) is 17.2. The van der Waals surface area contributed by atoms with Crippen molar-refractivity contribution >= 4 is 17.3 Å². The Kier molecular flexibility index (Phi) is 5.19. The zero-order chi connectivity index (χ0) is 17.8. The van der Waals surface area contributed by atoms with Crippen LogP contribution in [0, 0.1) is 12.7 Å². The molecule has 1 heterocycles. The molecule has 1 aliphatic heterocycles. The lowest BCUT2D eigenvalue weighted by Gasteiger charge is -2.26. The molecule has 6 heteroatoms. The van der Waals surface area contributed by atoms with E-state index in [-0.39, 0.29) is 18.9 Å². The standard InChI is InChI=1S/C19H21FN2O3/c1-13-3-2-4-16(9-13)25-12-15(23)11-22-8-7-19(24)21-17-10-14(20)5-6-18(17)22/h2-6,9-10,15,23H,7-8,11-12H2,1H3,(H,21,24). The molecular formula is C19H21FN2O3. The molecule has 2 aromatic carbocycles. The molecule has 0 spiro atoms. The highest BCUT2D eigenvalue weighted by molar-refractivity contribution is 5.96. The van der Waals surface area contributed by atoms with Crippen molar-refractivity contribution in [2.24, 2.45) is 0 Å². The SMILES string of the molecule is Cc1cccc(OCC(O)CN2CCC(=O)Nc3cc(F)ccc32)c1. The van der Waals surface area contributed by atoms with Gasteiger partial charge in [0.1, 0.15) is 24.3 Å². The summed E-state index contributed by atoms with van der Waals surface area (Å²) < 4.78 is 19.1. The summed E-state index contributed by atoms with van der Waals surface area (Å²) in [4.78, 5) is 13.7. The monoisotopic (exact) mass is 344 g/mol. The maximum atomic E-state index is 13.4. The first-order valence-corrected chi connectivity index (χ1v) is 8.23. The Bertz CT molecular complexity index is 766. The number of aliphatic hydroxyl groups excluding tert-OH is 1. The number of carbonyl (C=O) groups excluding carboxylic acids is 1. The van der Waals surface area contributed by atoms with Crippen LogP contribution in [0.1, 0.15) is 12.0 Å². The molecule has 0 radical (unpaired) electrons. The van der Waals surface area contributed by atoms with Gasteiger partial charge in [-0.3, -0.25) is 4.79 Å². The van der Waals surface area contributed by atoms with E-state index in [4.69, 9.17) is 4.74 Å². The summed E-state index contributed by atoms with van der Waals surface area (Å²) in [5.41, 5.74) is 2.20. The van der Waals surface area contributed by atoms with E-state index in [1.165, 1.54) is 12.1 Å². The van der Waals surface area contributed by atoms with Gasteiger partial charge < -0.3 is 20.1 Å². The number of carbonyl (C=O) groups is 1. The maximum Gasteiger partial charge on any atom is 0.226 e. The number of nitrogens with zero attached hydrogens (tertiary/aromatic N) is 1. The van der Waals surface area contributed by atoms with E-state index in [0.717, 1.165) is 5.56 Å². The number of aryl methyl sites for hydroxylation is 1. The lowest BCUT2D eigenvalue weighted by molar-refractivity contribution is -0.116. The van der Waals surface area contributed by atoms with Crippen LogP contribution < -0.4 is 15.0 Å². The number of nitrogens with one attached hydrogen (secondary N) is 1. The third kappa shape index (κ3) is 4.48. The van der Waals surface area contributed by atoms with Gasteiger partial charge in [-0.05, 0) is 42.8 Å². The van der Waals surface area contributed by atoms with E-state index in [1.54, 1.807) is 6.07 Å². The van der Waals surface area contributed by atoms with Gasteiger partial charge in [0.25, 0.3) is 0 Å². The zero-order valence-electron chi connectivity index (χ0n) is 14.0. The van der Waals surface area contributed by atoms with E-state index < -0.39 is 11.9 Å². The van der Waals surface area contributed by atoms with Gasteiger partial charge >= 0.3 is 0 Å². The molecule has 25 heavy (non-hydrogen) atoms. The minimum Gasteiger partial charge on any atom is -0.491 e. The highest BCUT2D eigenvalue weighted by Gasteiger charge is 2.22. The number of amides is 1. The van der Waals surface area contributed by atoms with Crippen molar-refractivity contribution < 1.29 is 19.0 Å². The average molecular weight is 344 g/mol. The van der Waals surface area contributed by atoms with Crippen LogP contribution >= 0.6 is 0 Å². The fourth-order valence-electron chi connectivity index (χ4n) is 2.85. The minimum atomic E-state index is -0.744. The van der Waals surface area contributed by atoms with Crippen LogP contribution in [0.2, 0.25) is 0 Å². The fraction of sp³-hybridized carbons (Fsp3) is 0.316. The van der Waals surface area contributed by atoms with Crippen molar-refractivity contribution in [1.82, 2.24) is 0 Å². The lowest BCUT2D eigenvalue weighted by Crippen LogP contribution is -2.36. The predicted octanol–water partition coefficient (Wildman–Crippen LogP) is 2.72. The van der Waals surface area contributed by atoms with Crippen molar-refractivity contribution in [2.75, 3.05) is 29.9 Å². The van der Waals surface area contributed by atoms with Crippen LogP contribution in [-0.4, -0.2) is 36.8 Å². The molecule has 1 aliphatic rings. The number of ether oxygens (including phenoxy) is 1. The lowest BCUT2D eigenvalue weighted by atomic mass is 10.2. The van der Waals surface area contributed by atoms with Crippen molar-refractivity contribution in [3.63, 3.8) is 0 Å². The number of halogens is 1. The third-order valence-electron chi connectivity index (χ3n) is 4.05. The Morgan fingerprint density at radius 1 is 1.32 bits per heavy atom. The molecular weight excluding hydrogens is 323 g/mol. The number of hydrogen-bond donors (Lipinski definition) is 2. The van der Waals surface area contributed by atoms with E-state index in [1.807, 2.05) is 36.1 Å². The fourth-order valence-corrected chi connectivity index (χ4v) is 2.85. The summed E-state index contributed by atoms with van der Waals surface area (Å²) in [6.07, 6.45) is -0.464. The van der Waals surface area contributed by atoms with Gasteiger partial charge in [0.15, 0.2) is 0 Å². The van der Waals surface area contributed by atoms with Gasteiger partial charge in [0.2, 0.25) is 5.91 Å². The Morgan fingerprint density at radius 2 is 2.16 bits per heavy atom. The first-order valence-electron chi connectivity index (χ1n) is 8.23. The van der Waals surface area contributed by atoms with Crippen molar-refractivity contribution in [2.45, 2.75) is 19.4 Å². The van der Waals surface area contributed by atoms with E-state index >= 15 is 0 Å². The predicted molar refractivity (Wildman–Crippen MR) is 94.5 cm³/mol. The van der Waals surface area contributed by atoms with Crippen LogP contribution in [-0.2, 0) is 4.79 Å². The summed E-state index contributed by atoms with van der Waals surface area (Å²) in [6, 6.07) is 11.9. The molecule has 0 aromatic heterocycles. The van der Waals surface area contributed by atoms with Gasteiger partial charge in [-0.1, -0.05) is 12.1 Å². The largest absolute Gasteiger partial charge is 0.491 e. The summed E-state index contributed by atoms with van der Waals surface area (Å²) in [6.45, 7) is 2.85. The summed E-state index contributed by atoms with van der Waals surface area (Å²) in [7, 11) is 0. The molecule has 2 N–H and O–H groups in total. The average Bonchev–Trinajstić information content (AvgIpc) is 2.71. The second-order valence-corrected chi connectivity index (χ2v) is 6.19. The molecule has 132 valence electrons. The molecule has 5 nitrogen and oxygen atoms in total. The molecule has 0 aliphatic carbocycles. The van der Waals surface area contributed by atoms with Gasteiger partial charge in [0, 0.05) is 19.5 Å². The molecule has 1 unspecified atom stereocenters. The van der Waals surface area contributed by atoms with Gasteiger partial charge in [0.05, 0.1) is 11.4 Å². The highest BCUT2D eigenvalue weighted by Crippen LogP contribution is 2.29. The van der Waals surface area contributed by atoms with Crippen LogP contribution in [0.3, 0.4) is 0 Å². The number of rotatable bonds is 5. The molecule has 3 rings (SSSR count). The molecule has 0 saturated carbocycles. The van der Waals surface area contributed by atoms with Crippen LogP contribution in [0.4, 0.5) is 15.8 Å². The smallest absolute Gasteiger partial charge is 0.226 e. The number of β-amino-alcohol motifs (C(OH)–C–C–N with tert-alkyl or cyclic N) is 1. The highest BCUT2D eigenvalue weighted by atomic mass is 19.1. The number of fused-ring (bicyclic) bond motifs is 1. The Labute approximate surface area is 146 Å². The summed E-state index contributed by atoms with van der Waals surface area (Å²) in [5, 5.41) is 13.0. The quantitative estimate of drug-likeness (QED) is 0.876. The zero-order valence-corrected chi connectivity index (χ0v) is 14.0. The van der Waals surface area contributed by atoms with E-state index in [0.29, 0.717) is 30.2 Å². The molecule has 0 bridgehead atoms. The van der Waals surface area contributed by atoms with E-state index in [9.17, 15) is 14.3 Å². The third-order valence-corrected chi connectivity index (χ3v) is 4.05. The number of benzene rings is 2. The topological polar surface area (TPSA) is 61.8 Å². The Morgan fingerprint density at radius 3 is 2.96 bits per heavy atom. The summed E-state index contributed by atoms with van der Waals surface area (Å²) >= 11 is 0. The van der Waals surface area contributed by atoms with Gasteiger partial charge in [-0.15, -0.1) is 0 Å². The maximum absolute atomic E-state index is 13.4. The normalized spacial score (nSPS) is 15.2. The second kappa shape index (κ2) is 7.53. The Hall–Kier alpha value is -2.60. The minimum absolute atomic E-state index is 0.137. The molecule has 0 saturated heterocycles. The Balaban J connectivity index is 1.66. The van der Waals surface area contributed by atoms with E-state index in [2.05, 4.69) is 5.32 Å². The second-order valence-electron chi connectivity index (χ2n) is 6.19. The molecule has 0 fully saturated rings. The van der Waals surface area contributed by atoms with Crippen LogP contribution in [0.5, 0.6) is 5.75 Å². The number of hydrogen-bond acceptors (Lipinski definition) is 4. The summed E-state index contributed by atoms with van der Waals surface area (Å²) in [5.74, 6) is 0.123. The van der Waals surface area contributed by atoms with Crippen molar-refractivity contribution in [1.29, 1.82) is 0 Å². The van der Waals surface area contributed by atoms with Crippen LogP contribution in [0.15, 0.2) is 42.5 Å². The molecule has 1 atom stereocenters. The van der Waals surface area contributed by atoms with Crippen LogP contribution in [0.25, 0.3) is 0 Å². The number of aliphatic hydroxyl groups is 1. The molecule has 1 amide bonds. The van der Waals surface area contributed by atoms with Gasteiger partial charge in [-0.2, -0.15) is 0 Å². The van der Waals surface area contributed by atoms with Crippen molar-refractivity contribution in [3.05, 3.63) is 53.8 Å². The number of anilines is 2.